The first-order valence-corrected chi connectivity index (χ1v) is 7.05. The zero-order valence-electron chi connectivity index (χ0n) is 10.3. The predicted molar refractivity (Wildman–Crippen MR) is 60.8 cm³/mol. The fourth-order valence-corrected chi connectivity index (χ4v) is 3.17. The summed E-state index contributed by atoms with van der Waals surface area (Å²) in [6.45, 7) is 3.31. The molecule has 1 saturated heterocycles. The maximum absolute atomic E-state index is 5.67. The molecule has 16 heavy (non-hydrogen) atoms. The summed E-state index contributed by atoms with van der Waals surface area (Å²) in [5.74, 6) is 0. The maximum Gasteiger partial charge on any atom is 0.572 e. The van der Waals surface area contributed by atoms with Gasteiger partial charge in [0.2, 0.25) is 0 Å². The predicted octanol–water partition coefficient (Wildman–Crippen LogP) is 1.11. The fraction of sp³-hybridized carbons (Fsp3) is 0.800. The summed E-state index contributed by atoms with van der Waals surface area (Å²) < 4.78 is 26.9. The SMILES string of the molecule is CCC=C(OCC1CO1)[Si](OC)(OC)OC. The summed E-state index contributed by atoms with van der Waals surface area (Å²) in [6.07, 6.45) is 2.98. The van der Waals surface area contributed by atoms with E-state index in [4.69, 9.17) is 22.8 Å². The highest BCUT2D eigenvalue weighted by Gasteiger charge is 2.45. The molecule has 0 radical (unpaired) electrons. The van der Waals surface area contributed by atoms with E-state index in [0.717, 1.165) is 13.0 Å². The van der Waals surface area contributed by atoms with Crippen molar-refractivity contribution in [2.24, 2.45) is 0 Å². The Morgan fingerprint density at radius 1 is 1.31 bits per heavy atom. The Kier molecular flexibility index (Phi) is 5.43. The number of ether oxygens (including phenoxy) is 2. The Labute approximate surface area is 97.6 Å². The Morgan fingerprint density at radius 3 is 2.25 bits per heavy atom. The third-order valence-corrected chi connectivity index (χ3v) is 4.89. The maximum atomic E-state index is 5.67. The normalized spacial score (nSPS) is 21.0. The molecule has 0 aromatic heterocycles. The summed E-state index contributed by atoms with van der Waals surface area (Å²) in [5.41, 5.74) is 0. The van der Waals surface area contributed by atoms with E-state index in [9.17, 15) is 0 Å². The van der Waals surface area contributed by atoms with Crippen LogP contribution in [0, 0.1) is 0 Å². The van der Waals surface area contributed by atoms with Crippen LogP contribution < -0.4 is 0 Å². The van der Waals surface area contributed by atoms with E-state index < -0.39 is 8.80 Å². The van der Waals surface area contributed by atoms with Crippen LogP contribution in [0.2, 0.25) is 0 Å². The molecule has 1 fully saturated rings. The lowest BCUT2D eigenvalue weighted by molar-refractivity contribution is 0.0938. The van der Waals surface area contributed by atoms with Gasteiger partial charge in [-0.25, -0.2) is 0 Å². The molecular weight excluding hydrogens is 228 g/mol. The molecule has 6 heteroatoms. The summed E-state index contributed by atoms with van der Waals surface area (Å²) >= 11 is 0. The molecule has 0 spiro atoms. The van der Waals surface area contributed by atoms with Gasteiger partial charge in [-0.15, -0.1) is 0 Å². The molecule has 1 rings (SSSR count). The second kappa shape index (κ2) is 6.36. The van der Waals surface area contributed by atoms with Crippen molar-refractivity contribution in [2.45, 2.75) is 19.4 Å². The molecule has 1 aliphatic rings. The van der Waals surface area contributed by atoms with Crippen molar-refractivity contribution in [2.75, 3.05) is 34.5 Å². The molecule has 0 aromatic rings. The highest BCUT2D eigenvalue weighted by Crippen LogP contribution is 2.21. The second-order valence-electron chi connectivity index (χ2n) is 3.41. The molecule has 94 valence electrons. The van der Waals surface area contributed by atoms with Gasteiger partial charge in [0.15, 0.2) is 5.38 Å². The van der Waals surface area contributed by atoms with Crippen molar-refractivity contribution in [1.29, 1.82) is 0 Å². The van der Waals surface area contributed by atoms with Gasteiger partial charge in [0.05, 0.1) is 6.61 Å². The average molecular weight is 248 g/mol. The lowest BCUT2D eigenvalue weighted by Crippen LogP contribution is -2.46. The largest absolute Gasteiger partial charge is 0.572 e. The molecule has 5 nitrogen and oxygen atoms in total. The van der Waals surface area contributed by atoms with E-state index in [0.29, 0.717) is 12.0 Å². The van der Waals surface area contributed by atoms with E-state index in [2.05, 4.69) is 0 Å². The van der Waals surface area contributed by atoms with Gasteiger partial charge < -0.3 is 22.8 Å². The highest BCUT2D eigenvalue weighted by atomic mass is 28.4. The van der Waals surface area contributed by atoms with Crippen LogP contribution in [0.4, 0.5) is 0 Å². The van der Waals surface area contributed by atoms with Crippen LogP contribution in [0.25, 0.3) is 0 Å². The molecule has 1 heterocycles. The van der Waals surface area contributed by atoms with Crippen LogP contribution in [-0.2, 0) is 22.8 Å². The van der Waals surface area contributed by atoms with Gasteiger partial charge in [0.25, 0.3) is 0 Å². The number of allylic oxidation sites excluding steroid dienone is 1. The average Bonchev–Trinajstić information content (AvgIpc) is 3.12. The third-order valence-electron chi connectivity index (χ3n) is 2.32. The van der Waals surface area contributed by atoms with Crippen molar-refractivity contribution in [1.82, 2.24) is 0 Å². The number of epoxide rings is 1. The van der Waals surface area contributed by atoms with Crippen LogP contribution in [-0.4, -0.2) is 49.5 Å². The molecule has 1 atom stereocenters. The van der Waals surface area contributed by atoms with Gasteiger partial charge in [0, 0.05) is 21.3 Å². The zero-order chi connectivity index (χ0) is 12.0. The highest BCUT2D eigenvalue weighted by molar-refractivity contribution is 6.68. The minimum Gasteiger partial charge on any atom is -0.492 e. The topological polar surface area (TPSA) is 49.5 Å². The Morgan fingerprint density at radius 2 is 1.88 bits per heavy atom. The van der Waals surface area contributed by atoms with Crippen molar-refractivity contribution in [3.63, 3.8) is 0 Å². The second-order valence-corrected chi connectivity index (χ2v) is 6.24. The minimum atomic E-state index is -2.82. The van der Waals surface area contributed by atoms with Gasteiger partial charge in [-0.2, -0.15) is 0 Å². The smallest absolute Gasteiger partial charge is 0.492 e. The molecule has 0 bridgehead atoms. The Balaban J connectivity index is 2.67. The zero-order valence-corrected chi connectivity index (χ0v) is 11.3. The monoisotopic (exact) mass is 248 g/mol. The lowest BCUT2D eigenvalue weighted by atomic mass is 10.5. The van der Waals surface area contributed by atoms with E-state index in [-0.39, 0.29) is 6.10 Å². The summed E-state index contributed by atoms with van der Waals surface area (Å²) in [5, 5.41) is 0.665. The minimum absolute atomic E-state index is 0.206. The van der Waals surface area contributed by atoms with Crippen LogP contribution in [0.1, 0.15) is 13.3 Å². The van der Waals surface area contributed by atoms with Crippen LogP contribution >= 0.6 is 0 Å². The number of rotatable bonds is 8. The molecule has 0 amide bonds. The van der Waals surface area contributed by atoms with Crippen molar-refractivity contribution in [3.05, 3.63) is 11.5 Å². The van der Waals surface area contributed by atoms with Gasteiger partial charge in [0.1, 0.15) is 12.7 Å². The first-order valence-electron chi connectivity index (χ1n) is 5.32. The van der Waals surface area contributed by atoms with E-state index in [1.807, 2.05) is 13.0 Å². The van der Waals surface area contributed by atoms with Gasteiger partial charge in [-0.05, 0) is 12.5 Å². The van der Waals surface area contributed by atoms with E-state index >= 15 is 0 Å². The van der Waals surface area contributed by atoms with Crippen molar-refractivity contribution in [3.8, 4) is 0 Å². The first kappa shape index (κ1) is 13.7. The molecule has 0 saturated carbocycles. The Bertz CT molecular complexity index is 227. The number of hydrogen-bond acceptors (Lipinski definition) is 5. The van der Waals surface area contributed by atoms with Crippen molar-refractivity contribution >= 4 is 8.80 Å². The van der Waals surface area contributed by atoms with Crippen molar-refractivity contribution < 1.29 is 22.8 Å². The molecular formula is C10H20O5Si. The summed E-state index contributed by atoms with van der Waals surface area (Å²) in [6, 6.07) is 0. The summed E-state index contributed by atoms with van der Waals surface area (Å²) in [7, 11) is 1.88. The van der Waals surface area contributed by atoms with E-state index in [1.165, 1.54) is 0 Å². The standard InChI is InChI=1S/C10H20O5Si/c1-5-6-10(15-8-9-7-14-9)16(11-2,12-3)13-4/h6,9H,5,7-8H2,1-4H3. The molecule has 0 N–H and O–H groups in total. The lowest BCUT2D eigenvalue weighted by Gasteiger charge is -2.26. The first-order chi connectivity index (χ1) is 7.72. The van der Waals surface area contributed by atoms with Crippen LogP contribution in [0.3, 0.4) is 0 Å². The third kappa shape index (κ3) is 3.29. The summed E-state index contributed by atoms with van der Waals surface area (Å²) in [4.78, 5) is 0. The fourth-order valence-electron chi connectivity index (χ4n) is 1.36. The van der Waals surface area contributed by atoms with Gasteiger partial charge in [-0.3, -0.25) is 0 Å². The van der Waals surface area contributed by atoms with E-state index in [1.54, 1.807) is 21.3 Å². The molecule has 0 aliphatic carbocycles. The molecule has 0 aromatic carbocycles. The Hall–Kier alpha value is -0.403. The molecule has 1 aliphatic heterocycles. The van der Waals surface area contributed by atoms with Crippen LogP contribution in [0.15, 0.2) is 11.5 Å². The van der Waals surface area contributed by atoms with Gasteiger partial charge in [-0.1, -0.05) is 6.92 Å². The number of hydrogen-bond donors (Lipinski definition) is 0. The quantitative estimate of drug-likeness (QED) is 0.366. The van der Waals surface area contributed by atoms with Gasteiger partial charge >= 0.3 is 8.80 Å². The molecule has 1 unspecified atom stereocenters. The van der Waals surface area contributed by atoms with Crippen LogP contribution in [0.5, 0.6) is 0 Å².